The molecule has 0 amide bonds. The molecule has 0 aromatic heterocycles. The molecule has 7 nitrogen and oxygen atoms in total. The molecule has 28 heavy (non-hydrogen) atoms. The van der Waals surface area contributed by atoms with Crippen LogP contribution in [0.25, 0.3) is 0 Å². The molecule has 0 bridgehead atoms. The van der Waals surface area contributed by atoms with E-state index in [0.717, 1.165) is 38.5 Å². The number of carbonyl (C=O) groups is 3. The first kappa shape index (κ1) is 26.4. The minimum absolute atomic E-state index is 0.0680. The molecule has 0 N–H and O–H groups in total. The number of unbranched alkanes of at least 4 members (excludes halogenated alkanes) is 6. The van der Waals surface area contributed by atoms with Crippen molar-refractivity contribution in [2.75, 3.05) is 6.54 Å². The molecule has 0 heterocycles. The van der Waals surface area contributed by atoms with E-state index in [0.29, 0.717) is 25.7 Å². The standard InChI is InChI=1S/C21H40NO6/c1-5-9-12-15-19(23)26-22(18-8-4,27-20(24)16-13-10-6-2)28-21(25)17-14-11-7-3/h5-18H2,1-4H3/q+1. The number of quaternary nitrogens is 1. The van der Waals surface area contributed by atoms with Gasteiger partial charge >= 0.3 is 17.9 Å². The van der Waals surface area contributed by atoms with Crippen molar-refractivity contribution in [3.05, 3.63) is 0 Å². The van der Waals surface area contributed by atoms with Crippen LogP contribution in [0.1, 0.15) is 111 Å². The number of hydroxylamine groups is 3. The highest BCUT2D eigenvalue weighted by Gasteiger charge is 2.44. The maximum atomic E-state index is 12.3. The maximum absolute atomic E-state index is 12.3. The average Bonchev–Trinajstić information content (AvgIpc) is 2.62. The third-order valence-corrected chi connectivity index (χ3v) is 4.17. The first-order chi connectivity index (χ1) is 13.4. The minimum Gasteiger partial charge on any atom is -0.245 e. The van der Waals surface area contributed by atoms with Crippen LogP contribution in [-0.4, -0.2) is 29.4 Å². The molecular weight excluding hydrogens is 362 g/mol. The van der Waals surface area contributed by atoms with Crippen molar-refractivity contribution in [3.63, 3.8) is 0 Å². The molecule has 0 saturated carbocycles. The summed E-state index contributed by atoms with van der Waals surface area (Å²) in [6.07, 6.45) is 8.73. The van der Waals surface area contributed by atoms with Gasteiger partial charge in [-0.05, 0) is 19.3 Å². The van der Waals surface area contributed by atoms with Gasteiger partial charge in [0.15, 0.2) is 0 Å². The van der Waals surface area contributed by atoms with Gasteiger partial charge < -0.3 is 0 Å². The van der Waals surface area contributed by atoms with Gasteiger partial charge in [-0.2, -0.15) is 14.5 Å². The first-order valence-corrected chi connectivity index (χ1v) is 11.0. The molecule has 0 aromatic rings. The zero-order valence-electron chi connectivity index (χ0n) is 18.3. The summed E-state index contributed by atoms with van der Waals surface area (Å²) in [5.74, 6) is -1.61. The van der Waals surface area contributed by atoms with Crippen LogP contribution in [0.15, 0.2) is 0 Å². The molecule has 0 spiro atoms. The fourth-order valence-corrected chi connectivity index (χ4v) is 2.63. The third-order valence-electron chi connectivity index (χ3n) is 4.17. The predicted octanol–water partition coefficient (Wildman–Crippen LogP) is 5.33. The van der Waals surface area contributed by atoms with Gasteiger partial charge in [0, 0.05) is 6.42 Å². The second kappa shape index (κ2) is 16.3. The van der Waals surface area contributed by atoms with Gasteiger partial charge in [0.25, 0.3) is 0 Å². The van der Waals surface area contributed by atoms with Crippen LogP contribution in [0.5, 0.6) is 0 Å². The summed E-state index contributed by atoms with van der Waals surface area (Å²) >= 11 is 0. The molecule has 0 rings (SSSR count). The topological polar surface area (TPSA) is 78.9 Å². The molecule has 0 aliphatic carbocycles. The second-order valence-corrected chi connectivity index (χ2v) is 7.10. The largest absolute Gasteiger partial charge is 0.378 e. The lowest BCUT2D eigenvalue weighted by atomic mass is 10.2. The van der Waals surface area contributed by atoms with Crippen molar-refractivity contribution in [2.45, 2.75) is 111 Å². The van der Waals surface area contributed by atoms with Gasteiger partial charge in [-0.25, -0.2) is 14.4 Å². The average molecular weight is 403 g/mol. The Morgan fingerprint density at radius 3 is 1.11 bits per heavy atom. The normalized spacial score (nSPS) is 11.1. The lowest BCUT2D eigenvalue weighted by Crippen LogP contribution is -2.52. The molecule has 164 valence electrons. The van der Waals surface area contributed by atoms with E-state index in [4.69, 9.17) is 14.5 Å². The monoisotopic (exact) mass is 402 g/mol. The Balaban J connectivity index is 5.14. The van der Waals surface area contributed by atoms with Crippen LogP contribution in [-0.2, 0) is 28.9 Å². The summed E-state index contributed by atoms with van der Waals surface area (Å²) < 4.78 is 0. The van der Waals surface area contributed by atoms with Crippen molar-refractivity contribution in [1.29, 1.82) is 0 Å². The summed E-state index contributed by atoms with van der Waals surface area (Å²) in [7, 11) is 0. The number of hydrogen-bond acceptors (Lipinski definition) is 6. The predicted molar refractivity (Wildman–Crippen MR) is 106 cm³/mol. The maximum Gasteiger partial charge on any atom is 0.378 e. The molecule has 0 saturated heterocycles. The summed E-state index contributed by atoms with van der Waals surface area (Å²) in [6.45, 7) is 8.03. The van der Waals surface area contributed by atoms with Crippen LogP contribution in [0, 0.1) is 0 Å². The second-order valence-electron chi connectivity index (χ2n) is 7.10. The highest BCUT2D eigenvalue weighted by molar-refractivity contribution is 5.70. The smallest absolute Gasteiger partial charge is 0.245 e. The number of rotatable bonds is 17. The van der Waals surface area contributed by atoms with E-state index in [-0.39, 0.29) is 25.8 Å². The first-order valence-electron chi connectivity index (χ1n) is 11.0. The number of hydrogen-bond donors (Lipinski definition) is 0. The molecule has 7 heteroatoms. The molecule has 0 aromatic carbocycles. The fourth-order valence-electron chi connectivity index (χ4n) is 2.63. The van der Waals surface area contributed by atoms with E-state index < -0.39 is 22.9 Å². The molecule has 0 aliphatic rings. The van der Waals surface area contributed by atoms with Crippen molar-refractivity contribution in [3.8, 4) is 0 Å². The molecule has 0 radical (unpaired) electrons. The highest BCUT2D eigenvalue weighted by atomic mass is 17.2. The van der Waals surface area contributed by atoms with Crippen LogP contribution in [0.4, 0.5) is 0 Å². The Hall–Kier alpha value is -1.63. The lowest BCUT2D eigenvalue weighted by Gasteiger charge is -2.26. The van der Waals surface area contributed by atoms with E-state index in [9.17, 15) is 14.4 Å². The molecular formula is C21H40NO6+. The van der Waals surface area contributed by atoms with Gasteiger partial charge in [-0.1, -0.05) is 66.2 Å². The van der Waals surface area contributed by atoms with Crippen molar-refractivity contribution in [2.24, 2.45) is 0 Å². The minimum atomic E-state index is -1.14. The highest BCUT2D eigenvalue weighted by Crippen LogP contribution is 2.19. The van der Waals surface area contributed by atoms with Crippen molar-refractivity contribution < 1.29 is 33.9 Å². The van der Waals surface area contributed by atoms with Gasteiger partial charge in [-0.3, -0.25) is 0 Å². The summed E-state index contributed by atoms with van der Waals surface area (Å²) in [5.41, 5.74) is 0. The Labute approximate surface area is 170 Å². The van der Waals surface area contributed by atoms with E-state index in [1.165, 1.54) is 0 Å². The zero-order valence-corrected chi connectivity index (χ0v) is 18.3. The van der Waals surface area contributed by atoms with Gasteiger partial charge in [0.2, 0.25) is 11.5 Å². The van der Waals surface area contributed by atoms with Crippen molar-refractivity contribution in [1.82, 2.24) is 0 Å². The van der Waals surface area contributed by atoms with E-state index in [1.54, 1.807) is 0 Å². The Morgan fingerprint density at radius 2 is 0.857 bits per heavy atom. The number of carbonyl (C=O) groups excluding carboxylic acids is 3. The van der Waals surface area contributed by atoms with Crippen molar-refractivity contribution >= 4 is 17.9 Å². The Kier molecular flexibility index (Phi) is 15.4. The molecule has 0 aliphatic heterocycles. The van der Waals surface area contributed by atoms with Gasteiger partial charge in [-0.15, -0.1) is 0 Å². The summed E-state index contributed by atoms with van der Waals surface area (Å²) in [5, 5.41) is 0. The summed E-state index contributed by atoms with van der Waals surface area (Å²) in [4.78, 5) is 51.8. The Morgan fingerprint density at radius 1 is 0.536 bits per heavy atom. The van der Waals surface area contributed by atoms with E-state index in [2.05, 4.69) is 0 Å². The van der Waals surface area contributed by atoms with E-state index in [1.807, 2.05) is 27.7 Å². The van der Waals surface area contributed by atoms with Gasteiger partial charge in [0.05, 0.1) is 19.3 Å². The van der Waals surface area contributed by atoms with Gasteiger partial charge in [0.1, 0.15) is 0 Å². The summed E-state index contributed by atoms with van der Waals surface area (Å²) in [6, 6.07) is 0. The molecule has 0 unspecified atom stereocenters. The Bertz CT molecular complexity index is 392. The third kappa shape index (κ3) is 12.7. The van der Waals surface area contributed by atoms with Crippen LogP contribution in [0.3, 0.4) is 0 Å². The number of nitrogens with zero attached hydrogens (tertiary/aromatic N) is 1. The SMILES string of the molecule is CCCCCC(=O)O[N+](CCC)(OC(=O)CCCCC)OC(=O)CCCCC. The van der Waals surface area contributed by atoms with Crippen LogP contribution < -0.4 is 0 Å². The van der Waals surface area contributed by atoms with Crippen LogP contribution in [0.2, 0.25) is 0 Å². The van der Waals surface area contributed by atoms with Crippen LogP contribution >= 0.6 is 0 Å². The zero-order chi connectivity index (χ0) is 21.3. The molecule has 0 fully saturated rings. The van der Waals surface area contributed by atoms with E-state index >= 15 is 0 Å². The lowest BCUT2D eigenvalue weighted by molar-refractivity contribution is -1.34. The molecule has 0 atom stereocenters. The quantitative estimate of drug-likeness (QED) is 0.186. The fraction of sp³-hybridized carbons (Fsp3) is 0.857.